The number of piperazine rings is 1. The Hall–Kier alpha value is -3.90. The molecule has 2 aromatic rings. The second-order valence-corrected chi connectivity index (χ2v) is 9.67. The molecular formula is C29H34FN5O3. The molecule has 2 fully saturated rings. The van der Waals surface area contributed by atoms with E-state index in [2.05, 4.69) is 11.2 Å². The Labute approximate surface area is 223 Å². The van der Waals surface area contributed by atoms with E-state index >= 15 is 0 Å². The van der Waals surface area contributed by atoms with E-state index in [1.807, 2.05) is 44.2 Å². The van der Waals surface area contributed by atoms with Crippen molar-refractivity contribution < 1.29 is 18.8 Å². The van der Waals surface area contributed by atoms with Gasteiger partial charge in [-0.25, -0.2) is 14.2 Å². The number of carbonyl (C=O) groups is 3. The van der Waals surface area contributed by atoms with Crippen LogP contribution in [0.2, 0.25) is 0 Å². The predicted octanol–water partition coefficient (Wildman–Crippen LogP) is 3.52. The molecule has 2 aliphatic rings. The third kappa shape index (κ3) is 5.65. The Balaban J connectivity index is 1.68. The molecular weight excluding hydrogens is 485 g/mol. The van der Waals surface area contributed by atoms with E-state index in [0.717, 1.165) is 24.0 Å². The maximum atomic E-state index is 13.8. The SMILES string of the molecule is C#CCN1CC(=O)N2C(CCCC)C(=O)N(C(C)c3ccc(F)cc3)CC2N1C(=O)NCc1ccccc1. The van der Waals surface area contributed by atoms with Crippen LogP contribution in [0.25, 0.3) is 0 Å². The van der Waals surface area contributed by atoms with Crippen molar-refractivity contribution in [1.29, 1.82) is 0 Å². The minimum absolute atomic E-state index is 0.0654. The van der Waals surface area contributed by atoms with Gasteiger partial charge in [0.2, 0.25) is 11.8 Å². The fraction of sp³-hybridized carbons (Fsp3) is 0.414. The number of halogens is 1. The zero-order chi connectivity index (χ0) is 27.2. The van der Waals surface area contributed by atoms with Crippen LogP contribution in [-0.2, 0) is 16.1 Å². The largest absolute Gasteiger partial charge is 0.334 e. The summed E-state index contributed by atoms with van der Waals surface area (Å²) < 4.78 is 13.6. The van der Waals surface area contributed by atoms with E-state index in [4.69, 9.17) is 6.42 Å². The number of amides is 4. The Morgan fingerprint density at radius 2 is 1.87 bits per heavy atom. The van der Waals surface area contributed by atoms with Gasteiger partial charge >= 0.3 is 6.03 Å². The average molecular weight is 520 g/mol. The Morgan fingerprint density at radius 3 is 2.53 bits per heavy atom. The number of hydrogen-bond donors (Lipinski definition) is 1. The van der Waals surface area contributed by atoms with Gasteiger partial charge in [-0.05, 0) is 36.6 Å². The van der Waals surface area contributed by atoms with Crippen LogP contribution in [0.4, 0.5) is 9.18 Å². The fourth-order valence-corrected chi connectivity index (χ4v) is 5.20. The second-order valence-electron chi connectivity index (χ2n) is 9.67. The molecule has 0 aromatic heterocycles. The van der Waals surface area contributed by atoms with Crippen LogP contribution in [0, 0.1) is 18.2 Å². The molecule has 0 saturated carbocycles. The van der Waals surface area contributed by atoms with Crippen LogP contribution in [-0.4, -0.2) is 69.5 Å². The molecule has 9 heteroatoms. The first kappa shape index (κ1) is 27.1. The fourth-order valence-electron chi connectivity index (χ4n) is 5.20. The monoisotopic (exact) mass is 519 g/mol. The zero-order valence-electron chi connectivity index (χ0n) is 21.8. The number of unbranched alkanes of at least 4 members (excludes halogenated alkanes) is 1. The quantitative estimate of drug-likeness (QED) is 0.542. The number of fused-ring (bicyclic) bond motifs is 1. The normalized spacial score (nSPS) is 20.6. The summed E-state index contributed by atoms with van der Waals surface area (Å²) in [5, 5.41) is 6.02. The summed E-state index contributed by atoms with van der Waals surface area (Å²) in [6.07, 6.45) is 6.97. The molecule has 0 bridgehead atoms. The zero-order valence-corrected chi connectivity index (χ0v) is 21.8. The lowest BCUT2D eigenvalue weighted by molar-refractivity contribution is -0.191. The van der Waals surface area contributed by atoms with Crippen LogP contribution in [0.5, 0.6) is 0 Å². The van der Waals surface area contributed by atoms with Crippen molar-refractivity contribution in [2.24, 2.45) is 0 Å². The van der Waals surface area contributed by atoms with Crippen molar-refractivity contribution in [2.45, 2.75) is 57.9 Å². The molecule has 38 heavy (non-hydrogen) atoms. The second kappa shape index (κ2) is 12.1. The van der Waals surface area contributed by atoms with Crippen LogP contribution >= 0.6 is 0 Å². The van der Waals surface area contributed by atoms with Gasteiger partial charge in [0.15, 0.2) is 0 Å². The van der Waals surface area contributed by atoms with Crippen molar-refractivity contribution in [2.75, 3.05) is 19.6 Å². The maximum absolute atomic E-state index is 13.8. The molecule has 4 amide bonds. The van der Waals surface area contributed by atoms with Gasteiger partial charge in [0, 0.05) is 6.54 Å². The number of nitrogens with one attached hydrogen (secondary N) is 1. The van der Waals surface area contributed by atoms with E-state index in [0.29, 0.717) is 13.0 Å². The van der Waals surface area contributed by atoms with Gasteiger partial charge in [0.25, 0.3) is 0 Å². The number of hydrogen-bond acceptors (Lipinski definition) is 4. The minimum atomic E-state index is -0.733. The molecule has 200 valence electrons. The van der Waals surface area contributed by atoms with Crippen molar-refractivity contribution in [3.05, 3.63) is 71.5 Å². The number of nitrogens with zero attached hydrogens (tertiary/aromatic N) is 4. The summed E-state index contributed by atoms with van der Waals surface area (Å²) in [6, 6.07) is 14.1. The van der Waals surface area contributed by atoms with Crippen molar-refractivity contribution in [1.82, 2.24) is 25.1 Å². The van der Waals surface area contributed by atoms with E-state index < -0.39 is 18.2 Å². The molecule has 2 saturated heterocycles. The number of carbonyl (C=O) groups excluding carboxylic acids is 3. The predicted molar refractivity (Wildman–Crippen MR) is 141 cm³/mol. The highest BCUT2D eigenvalue weighted by Crippen LogP contribution is 2.33. The maximum Gasteiger partial charge on any atom is 0.334 e. The molecule has 2 aromatic carbocycles. The first-order chi connectivity index (χ1) is 18.3. The molecule has 4 rings (SSSR count). The van der Waals surface area contributed by atoms with E-state index in [9.17, 15) is 18.8 Å². The van der Waals surface area contributed by atoms with Gasteiger partial charge in [-0.3, -0.25) is 9.59 Å². The van der Waals surface area contributed by atoms with Gasteiger partial charge in [0.05, 0.1) is 25.7 Å². The first-order valence-corrected chi connectivity index (χ1v) is 13.0. The smallest absolute Gasteiger partial charge is 0.333 e. The highest BCUT2D eigenvalue weighted by atomic mass is 19.1. The lowest BCUT2D eigenvalue weighted by Gasteiger charge is -2.55. The van der Waals surface area contributed by atoms with Gasteiger partial charge in [-0.2, -0.15) is 5.01 Å². The molecule has 3 unspecified atom stereocenters. The molecule has 2 aliphatic heterocycles. The Bertz CT molecular complexity index is 1180. The van der Waals surface area contributed by atoms with Gasteiger partial charge in [0.1, 0.15) is 18.0 Å². The molecule has 1 N–H and O–H groups in total. The lowest BCUT2D eigenvalue weighted by Crippen LogP contribution is -2.76. The Morgan fingerprint density at radius 1 is 1.16 bits per heavy atom. The molecule has 8 nitrogen and oxygen atoms in total. The van der Waals surface area contributed by atoms with Crippen molar-refractivity contribution in [3.63, 3.8) is 0 Å². The van der Waals surface area contributed by atoms with E-state index in [1.54, 1.807) is 26.9 Å². The average Bonchev–Trinajstić information content (AvgIpc) is 2.92. The van der Waals surface area contributed by atoms with Crippen LogP contribution < -0.4 is 5.32 Å². The van der Waals surface area contributed by atoms with Gasteiger partial charge in [-0.1, -0.05) is 68.2 Å². The summed E-state index contributed by atoms with van der Waals surface area (Å²) in [5.41, 5.74) is 1.70. The topological polar surface area (TPSA) is 76.2 Å². The van der Waals surface area contributed by atoms with Gasteiger partial charge < -0.3 is 15.1 Å². The highest BCUT2D eigenvalue weighted by Gasteiger charge is 2.51. The van der Waals surface area contributed by atoms with Crippen LogP contribution in [0.1, 0.15) is 50.3 Å². The number of urea groups is 1. The Kier molecular flexibility index (Phi) is 8.64. The van der Waals surface area contributed by atoms with E-state index in [-0.39, 0.29) is 43.3 Å². The van der Waals surface area contributed by atoms with Crippen molar-refractivity contribution in [3.8, 4) is 12.3 Å². The van der Waals surface area contributed by atoms with E-state index in [1.165, 1.54) is 17.1 Å². The number of rotatable bonds is 8. The molecule has 0 radical (unpaired) electrons. The molecule has 3 atom stereocenters. The third-order valence-electron chi connectivity index (χ3n) is 7.20. The summed E-state index contributed by atoms with van der Waals surface area (Å²) in [7, 11) is 0. The molecule has 0 aliphatic carbocycles. The standard InChI is InChI=1S/C29H34FN5O3/c1-4-6-12-25-28(37)33(21(3)23-13-15-24(30)16-14-23)19-26-34(25)27(36)20-32(17-5-2)35(26)29(38)31-18-22-10-8-7-9-11-22/h2,7-11,13-16,21,25-26H,4,6,12,17-20H2,1,3H3,(H,31,38). The van der Waals surface area contributed by atoms with Crippen LogP contribution in [0.15, 0.2) is 54.6 Å². The lowest BCUT2D eigenvalue weighted by atomic mass is 9.97. The highest BCUT2D eigenvalue weighted by molar-refractivity contribution is 5.91. The summed E-state index contributed by atoms with van der Waals surface area (Å²) in [5.74, 6) is 1.78. The van der Waals surface area contributed by atoms with Gasteiger partial charge in [-0.15, -0.1) is 6.42 Å². The number of hydrazine groups is 1. The van der Waals surface area contributed by atoms with Crippen LogP contribution in [0.3, 0.4) is 0 Å². The molecule has 2 heterocycles. The first-order valence-electron chi connectivity index (χ1n) is 13.0. The third-order valence-corrected chi connectivity index (χ3v) is 7.20. The minimum Gasteiger partial charge on any atom is -0.333 e. The summed E-state index contributed by atoms with van der Waals surface area (Å²) >= 11 is 0. The number of terminal acetylenes is 1. The van der Waals surface area contributed by atoms with Crippen molar-refractivity contribution >= 4 is 17.8 Å². The summed E-state index contributed by atoms with van der Waals surface area (Å²) in [6.45, 7) is 4.28. The number of benzene rings is 2. The molecule has 0 spiro atoms. The summed E-state index contributed by atoms with van der Waals surface area (Å²) in [4.78, 5) is 44.1.